The Hall–Kier alpha value is -1.77. The summed E-state index contributed by atoms with van der Waals surface area (Å²) in [5.74, 6) is 2.11. The van der Waals surface area contributed by atoms with Gasteiger partial charge in [0, 0.05) is 11.8 Å². The summed E-state index contributed by atoms with van der Waals surface area (Å²) in [6.07, 6.45) is 7.84. The molecule has 25 heavy (non-hydrogen) atoms. The summed E-state index contributed by atoms with van der Waals surface area (Å²) in [4.78, 5) is 13.5. The molecule has 1 aromatic carbocycles. The lowest BCUT2D eigenvalue weighted by Gasteiger charge is -2.57. The highest BCUT2D eigenvalue weighted by atomic mass is 16.5. The fourth-order valence-electron chi connectivity index (χ4n) is 6.46. The van der Waals surface area contributed by atoms with Crippen molar-refractivity contribution in [1.29, 1.82) is 0 Å². The molecule has 3 aliphatic rings. The van der Waals surface area contributed by atoms with Crippen LogP contribution < -0.4 is 9.47 Å². The van der Waals surface area contributed by atoms with Crippen LogP contribution in [0.1, 0.15) is 51.5 Å². The number of benzene rings is 1. The van der Waals surface area contributed by atoms with Crippen molar-refractivity contribution in [2.45, 2.75) is 46.0 Å². The van der Waals surface area contributed by atoms with Crippen LogP contribution in [0.2, 0.25) is 0 Å². The molecule has 3 nitrogen and oxygen atoms in total. The second kappa shape index (κ2) is 5.12. The van der Waals surface area contributed by atoms with Crippen molar-refractivity contribution >= 4 is 5.78 Å². The summed E-state index contributed by atoms with van der Waals surface area (Å²) in [5.41, 5.74) is 0.835. The molecule has 1 aromatic rings. The van der Waals surface area contributed by atoms with Crippen molar-refractivity contribution in [3.63, 3.8) is 0 Å². The normalized spacial score (nSPS) is 37.9. The number of carbonyl (C=O) groups excluding carboxylic acids is 1. The molecule has 0 N–H and O–H groups in total. The number of allylic oxidation sites excluding steroid dienone is 2. The maximum atomic E-state index is 13.5. The zero-order chi connectivity index (χ0) is 18.0. The van der Waals surface area contributed by atoms with Crippen molar-refractivity contribution in [2.75, 3.05) is 14.2 Å². The van der Waals surface area contributed by atoms with E-state index in [0.717, 1.165) is 24.3 Å². The van der Waals surface area contributed by atoms with Crippen molar-refractivity contribution < 1.29 is 14.3 Å². The van der Waals surface area contributed by atoms with Crippen LogP contribution in [-0.4, -0.2) is 20.0 Å². The molecule has 1 spiro atoms. The monoisotopic (exact) mass is 340 g/mol. The van der Waals surface area contributed by atoms with Crippen molar-refractivity contribution in [3.8, 4) is 11.5 Å². The molecule has 2 saturated carbocycles. The molecular formula is C22H28O3. The van der Waals surface area contributed by atoms with Gasteiger partial charge < -0.3 is 9.47 Å². The fourth-order valence-corrected chi connectivity index (χ4v) is 6.46. The van der Waals surface area contributed by atoms with Crippen LogP contribution in [0, 0.1) is 22.2 Å². The van der Waals surface area contributed by atoms with E-state index in [9.17, 15) is 4.79 Å². The van der Waals surface area contributed by atoms with E-state index < -0.39 is 0 Å². The van der Waals surface area contributed by atoms with Gasteiger partial charge in [-0.15, -0.1) is 0 Å². The first-order valence-electron chi connectivity index (χ1n) is 9.28. The van der Waals surface area contributed by atoms with E-state index in [4.69, 9.17) is 9.47 Å². The lowest BCUT2D eigenvalue weighted by atomic mass is 9.45. The molecule has 3 aliphatic carbocycles. The summed E-state index contributed by atoms with van der Waals surface area (Å²) in [7, 11) is 3.32. The number of Topliss-reactive ketones (excluding diaryl/α,β-unsaturated/α-hetero) is 1. The van der Waals surface area contributed by atoms with Gasteiger partial charge in [0.05, 0.1) is 19.6 Å². The van der Waals surface area contributed by atoms with Crippen LogP contribution in [0.4, 0.5) is 0 Å². The molecule has 2 fully saturated rings. The summed E-state index contributed by atoms with van der Waals surface area (Å²) in [5, 5.41) is 0. The zero-order valence-electron chi connectivity index (χ0n) is 15.9. The molecular weight excluding hydrogens is 312 g/mol. The second-order valence-corrected chi connectivity index (χ2v) is 8.80. The summed E-state index contributed by atoms with van der Waals surface area (Å²) >= 11 is 0. The van der Waals surface area contributed by atoms with Gasteiger partial charge in [0.25, 0.3) is 0 Å². The third kappa shape index (κ3) is 1.79. The molecule has 0 saturated heterocycles. The molecule has 0 radical (unpaired) electrons. The predicted octanol–water partition coefficient (Wildman–Crippen LogP) is 4.76. The van der Waals surface area contributed by atoms with E-state index in [2.05, 4.69) is 45.1 Å². The van der Waals surface area contributed by atoms with E-state index in [-0.39, 0.29) is 28.1 Å². The molecule has 0 aliphatic heterocycles. The highest BCUT2D eigenvalue weighted by molar-refractivity contribution is 5.99. The Bertz CT molecular complexity index is 763. The molecule has 1 unspecified atom stereocenters. The topological polar surface area (TPSA) is 35.5 Å². The van der Waals surface area contributed by atoms with Crippen LogP contribution in [0.25, 0.3) is 0 Å². The summed E-state index contributed by atoms with van der Waals surface area (Å²) < 4.78 is 10.9. The second-order valence-electron chi connectivity index (χ2n) is 8.80. The smallest absolute Gasteiger partial charge is 0.160 e. The number of carbonyl (C=O) groups is 1. The average molecular weight is 340 g/mol. The molecule has 134 valence electrons. The average Bonchev–Trinajstić information content (AvgIpc) is 3.01. The Morgan fingerprint density at radius 3 is 2.44 bits per heavy atom. The van der Waals surface area contributed by atoms with Gasteiger partial charge in [-0.3, -0.25) is 4.79 Å². The van der Waals surface area contributed by atoms with Gasteiger partial charge in [-0.25, -0.2) is 0 Å². The standard InChI is InChI=1S/C22H28O3/c1-20(2)10-6-11-21(3)18(15-9-12-22(20,21)19(15)23)14-7-8-16(24-4)17(13-14)25-5/h7-9,12-13,15,18H,6,10-11H2,1-5H3/t15-,18-,21?,22-/m1/s1. The van der Waals surface area contributed by atoms with Crippen LogP contribution in [0.3, 0.4) is 0 Å². The molecule has 0 aromatic heterocycles. The lowest BCUT2D eigenvalue weighted by molar-refractivity contribution is -0.138. The predicted molar refractivity (Wildman–Crippen MR) is 98.1 cm³/mol. The lowest BCUT2D eigenvalue weighted by Crippen LogP contribution is -2.53. The minimum absolute atomic E-state index is 0.00758. The first-order chi connectivity index (χ1) is 11.8. The fraction of sp³-hybridized carbons (Fsp3) is 0.591. The van der Waals surface area contributed by atoms with Crippen molar-refractivity contribution in [3.05, 3.63) is 35.9 Å². The third-order valence-corrected chi connectivity index (χ3v) is 7.52. The molecule has 0 amide bonds. The van der Waals surface area contributed by atoms with E-state index in [1.807, 2.05) is 6.07 Å². The molecule has 2 bridgehead atoms. The van der Waals surface area contributed by atoms with Crippen LogP contribution in [0.5, 0.6) is 11.5 Å². The quantitative estimate of drug-likeness (QED) is 0.744. The minimum Gasteiger partial charge on any atom is -0.493 e. The SMILES string of the molecule is COc1ccc([C@@H]2[C@H]3C=C[C@@]4(C3=O)C(C)(C)CCCC24C)cc1OC. The Morgan fingerprint density at radius 1 is 1.04 bits per heavy atom. The maximum Gasteiger partial charge on any atom is 0.160 e. The number of ether oxygens (including phenoxy) is 2. The summed E-state index contributed by atoms with van der Waals surface area (Å²) in [6, 6.07) is 6.17. The molecule has 4 rings (SSSR count). The van der Waals surface area contributed by atoms with Gasteiger partial charge in [0.2, 0.25) is 0 Å². The van der Waals surface area contributed by atoms with E-state index in [0.29, 0.717) is 5.78 Å². The maximum absolute atomic E-state index is 13.5. The van der Waals surface area contributed by atoms with Crippen LogP contribution in [0.15, 0.2) is 30.4 Å². The van der Waals surface area contributed by atoms with Gasteiger partial charge in [-0.2, -0.15) is 0 Å². The van der Waals surface area contributed by atoms with Gasteiger partial charge in [0.1, 0.15) is 0 Å². The Kier molecular flexibility index (Phi) is 3.42. The first-order valence-corrected chi connectivity index (χ1v) is 9.28. The third-order valence-electron chi connectivity index (χ3n) is 7.52. The van der Waals surface area contributed by atoms with Crippen molar-refractivity contribution in [2.24, 2.45) is 22.2 Å². The van der Waals surface area contributed by atoms with E-state index >= 15 is 0 Å². The highest BCUT2D eigenvalue weighted by Gasteiger charge is 2.73. The van der Waals surface area contributed by atoms with E-state index in [1.54, 1.807) is 14.2 Å². The Balaban J connectivity index is 1.88. The molecule has 4 atom stereocenters. The van der Waals surface area contributed by atoms with E-state index in [1.165, 1.54) is 12.0 Å². The zero-order valence-corrected chi connectivity index (χ0v) is 15.9. The number of rotatable bonds is 3. The Morgan fingerprint density at radius 2 is 1.76 bits per heavy atom. The molecule has 3 heteroatoms. The van der Waals surface area contributed by atoms with Crippen molar-refractivity contribution in [1.82, 2.24) is 0 Å². The summed E-state index contributed by atoms with van der Waals surface area (Å²) in [6.45, 7) is 6.91. The van der Waals surface area contributed by atoms with Gasteiger partial charge in [0.15, 0.2) is 17.3 Å². The minimum atomic E-state index is -0.333. The number of ketones is 1. The molecule has 0 heterocycles. The number of methoxy groups -OCH3 is 2. The first kappa shape index (κ1) is 16.7. The Labute approximate surface area is 150 Å². The van der Waals surface area contributed by atoms with Gasteiger partial charge in [-0.05, 0) is 41.4 Å². The van der Waals surface area contributed by atoms with Crippen LogP contribution in [-0.2, 0) is 4.79 Å². The van der Waals surface area contributed by atoms with Crippen LogP contribution >= 0.6 is 0 Å². The van der Waals surface area contributed by atoms with Gasteiger partial charge in [-0.1, -0.05) is 45.4 Å². The number of hydrogen-bond acceptors (Lipinski definition) is 3. The highest BCUT2D eigenvalue weighted by Crippen LogP contribution is 2.75. The number of fused-ring (bicyclic) bond motifs is 1. The number of hydrogen-bond donors (Lipinski definition) is 0. The largest absolute Gasteiger partial charge is 0.493 e. The van der Waals surface area contributed by atoms with Gasteiger partial charge >= 0.3 is 0 Å².